The summed E-state index contributed by atoms with van der Waals surface area (Å²) in [5, 5.41) is 2.07. The molecule has 0 saturated carbocycles. The molecule has 1 rings (SSSR count). The normalized spacial score (nSPS) is 18.6. The fraction of sp³-hybridized carbons (Fsp3) is 0.455. The first-order valence-corrected chi connectivity index (χ1v) is 6.05. The molecule has 1 heterocycles. The number of unbranched alkanes of at least 4 members (excludes halogenated alkanes) is 1. The quantitative estimate of drug-likeness (QED) is 0.373. The highest BCUT2D eigenvalue weighted by molar-refractivity contribution is 6.17. The van der Waals surface area contributed by atoms with Crippen molar-refractivity contribution in [3.63, 3.8) is 0 Å². The number of hydrazine groups is 1. The monoisotopic (exact) mass is 283 g/mol. The summed E-state index contributed by atoms with van der Waals surface area (Å²) in [6, 6.07) is -1.64. The van der Waals surface area contributed by atoms with Crippen LogP contribution in [0.1, 0.15) is 19.8 Å². The van der Waals surface area contributed by atoms with Crippen molar-refractivity contribution >= 4 is 23.9 Å². The SMILES string of the molecule is C=C(NNC(N)=O)[C@@H]1C(=O)NC(=O)N(CCCC)C1=O. The number of hydrogen-bond acceptors (Lipinski definition) is 5. The lowest BCUT2D eigenvalue weighted by Gasteiger charge is -2.31. The average Bonchev–Trinajstić information content (AvgIpc) is 2.35. The van der Waals surface area contributed by atoms with Crippen LogP contribution in [0.5, 0.6) is 0 Å². The summed E-state index contributed by atoms with van der Waals surface area (Å²) in [4.78, 5) is 46.9. The van der Waals surface area contributed by atoms with E-state index in [0.29, 0.717) is 6.42 Å². The molecule has 0 aromatic rings. The lowest BCUT2D eigenvalue weighted by atomic mass is 10.0. The van der Waals surface area contributed by atoms with E-state index in [2.05, 4.69) is 17.3 Å². The van der Waals surface area contributed by atoms with Crippen LogP contribution in [0.25, 0.3) is 0 Å². The van der Waals surface area contributed by atoms with Crippen LogP contribution in [0, 0.1) is 5.92 Å². The second-order valence-electron chi connectivity index (χ2n) is 4.21. The number of hydrogen-bond donors (Lipinski definition) is 4. The maximum atomic E-state index is 12.1. The number of rotatable bonds is 6. The zero-order valence-corrected chi connectivity index (χ0v) is 11.1. The van der Waals surface area contributed by atoms with Gasteiger partial charge in [-0.15, -0.1) is 0 Å². The van der Waals surface area contributed by atoms with Gasteiger partial charge in [0, 0.05) is 12.2 Å². The van der Waals surface area contributed by atoms with Crippen molar-refractivity contribution in [1.82, 2.24) is 21.1 Å². The molecule has 0 aromatic carbocycles. The van der Waals surface area contributed by atoms with E-state index in [4.69, 9.17) is 5.73 Å². The van der Waals surface area contributed by atoms with E-state index in [-0.39, 0.29) is 12.2 Å². The van der Waals surface area contributed by atoms with Gasteiger partial charge in [0.1, 0.15) is 0 Å². The van der Waals surface area contributed by atoms with E-state index in [0.717, 1.165) is 11.3 Å². The third-order valence-corrected chi connectivity index (χ3v) is 2.68. The molecule has 0 bridgehead atoms. The van der Waals surface area contributed by atoms with Crippen molar-refractivity contribution in [3.8, 4) is 0 Å². The Morgan fingerprint density at radius 2 is 2.05 bits per heavy atom. The highest BCUT2D eigenvalue weighted by Crippen LogP contribution is 2.16. The molecule has 0 unspecified atom stereocenters. The molecule has 0 spiro atoms. The van der Waals surface area contributed by atoms with Crippen LogP contribution in [-0.4, -0.2) is 35.3 Å². The van der Waals surface area contributed by atoms with Crippen molar-refractivity contribution in [2.24, 2.45) is 11.7 Å². The maximum Gasteiger partial charge on any atom is 0.330 e. The van der Waals surface area contributed by atoms with Crippen LogP contribution in [0.2, 0.25) is 0 Å². The zero-order valence-electron chi connectivity index (χ0n) is 11.1. The van der Waals surface area contributed by atoms with E-state index in [9.17, 15) is 19.2 Å². The van der Waals surface area contributed by atoms with Crippen molar-refractivity contribution < 1.29 is 19.2 Å². The van der Waals surface area contributed by atoms with Gasteiger partial charge in [-0.05, 0) is 6.42 Å². The summed E-state index contributed by atoms with van der Waals surface area (Å²) >= 11 is 0. The second-order valence-corrected chi connectivity index (χ2v) is 4.21. The number of carbonyl (C=O) groups is 4. The molecular formula is C11H17N5O4. The van der Waals surface area contributed by atoms with Crippen molar-refractivity contribution in [2.75, 3.05) is 6.54 Å². The predicted octanol–water partition coefficient (Wildman–Crippen LogP) is -0.832. The second kappa shape index (κ2) is 6.55. The van der Waals surface area contributed by atoms with Crippen LogP contribution < -0.4 is 21.9 Å². The fourth-order valence-corrected chi connectivity index (χ4v) is 1.66. The first kappa shape index (κ1) is 15.5. The molecular weight excluding hydrogens is 266 g/mol. The number of primary amides is 1. The van der Waals surface area contributed by atoms with Crippen LogP contribution in [0.3, 0.4) is 0 Å². The van der Waals surface area contributed by atoms with Gasteiger partial charge in [-0.25, -0.2) is 9.59 Å². The number of carbonyl (C=O) groups excluding carboxylic acids is 4. The van der Waals surface area contributed by atoms with Gasteiger partial charge in [0.15, 0.2) is 5.92 Å². The topological polar surface area (TPSA) is 134 Å². The molecule has 1 saturated heterocycles. The smallest absolute Gasteiger partial charge is 0.330 e. The Labute approximate surface area is 115 Å². The Morgan fingerprint density at radius 1 is 1.40 bits per heavy atom. The number of barbiturate groups is 1. The Morgan fingerprint density at radius 3 is 2.60 bits per heavy atom. The molecule has 110 valence electrons. The molecule has 0 aliphatic carbocycles. The Hall–Kier alpha value is -2.58. The third kappa shape index (κ3) is 3.46. The van der Waals surface area contributed by atoms with E-state index >= 15 is 0 Å². The van der Waals surface area contributed by atoms with Gasteiger partial charge >= 0.3 is 12.1 Å². The number of amides is 6. The van der Waals surface area contributed by atoms with E-state index in [1.807, 2.05) is 12.3 Å². The average molecular weight is 283 g/mol. The maximum absolute atomic E-state index is 12.1. The van der Waals surface area contributed by atoms with Gasteiger partial charge < -0.3 is 11.2 Å². The summed E-state index contributed by atoms with van der Waals surface area (Å²) < 4.78 is 0. The summed E-state index contributed by atoms with van der Waals surface area (Å²) in [5.74, 6) is -2.77. The van der Waals surface area contributed by atoms with E-state index in [1.54, 1.807) is 0 Å². The molecule has 6 amide bonds. The van der Waals surface area contributed by atoms with Gasteiger partial charge in [-0.2, -0.15) is 0 Å². The highest BCUT2D eigenvalue weighted by Gasteiger charge is 2.41. The molecule has 1 aliphatic heterocycles. The molecule has 1 aliphatic rings. The summed E-state index contributed by atoms with van der Waals surface area (Å²) in [5.41, 5.74) is 9.05. The van der Waals surface area contributed by atoms with Gasteiger partial charge in [0.25, 0.3) is 0 Å². The molecule has 1 fully saturated rings. The lowest BCUT2D eigenvalue weighted by molar-refractivity contribution is -0.141. The van der Waals surface area contributed by atoms with Gasteiger partial charge in [0.05, 0.1) is 0 Å². The van der Waals surface area contributed by atoms with E-state index < -0.39 is 29.8 Å². The lowest BCUT2D eigenvalue weighted by Crippen LogP contribution is -2.60. The minimum absolute atomic E-state index is 0.0692. The number of urea groups is 2. The van der Waals surface area contributed by atoms with E-state index in [1.165, 1.54) is 0 Å². The number of imide groups is 2. The molecule has 5 N–H and O–H groups in total. The van der Waals surface area contributed by atoms with Crippen LogP contribution in [0.15, 0.2) is 12.3 Å². The van der Waals surface area contributed by atoms with Crippen molar-refractivity contribution in [3.05, 3.63) is 12.3 Å². The first-order chi connectivity index (χ1) is 9.38. The predicted molar refractivity (Wildman–Crippen MR) is 68.6 cm³/mol. The number of nitrogens with zero attached hydrogens (tertiary/aromatic N) is 1. The minimum atomic E-state index is -1.29. The van der Waals surface area contributed by atoms with Gasteiger partial charge in [-0.3, -0.25) is 25.2 Å². The Bertz CT molecular complexity index is 462. The van der Waals surface area contributed by atoms with Gasteiger partial charge in [-0.1, -0.05) is 19.9 Å². The summed E-state index contributed by atoms with van der Waals surface area (Å²) in [6.07, 6.45) is 1.41. The molecule has 9 heteroatoms. The molecule has 1 atom stereocenters. The Kier molecular flexibility index (Phi) is 5.07. The molecule has 0 aromatic heterocycles. The number of nitrogens with one attached hydrogen (secondary N) is 3. The first-order valence-electron chi connectivity index (χ1n) is 6.05. The largest absolute Gasteiger partial charge is 0.350 e. The van der Waals surface area contributed by atoms with Crippen molar-refractivity contribution in [1.29, 1.82) is 0 Å². The molecule has 9 nitrogen and oxygen atoms in total. The zero-order chi connectivity index (χ0) is 15.3. The van der Waals surface area contributed by atoms with Crippen molar-refractivity contribution in [2.45, 2.75) is 19.8 Å². The third-order valence-electron chi connectivity index (χ3n) is 2.68. The summed E-state index contributed by atoms with van der Waals surface area (Å²) in [7, 11) is 0. The highest BCUT2D eigenvalue weighted by atomic mass is 16.2. The van der Waals surface area contributed by atoms with Crippen LogP contribution in [-0.2, 0) is 9.59 Å². The standard InChI is InChI=1S/C11H17N5O4/c1-3-4-5-16-9(18)7(8(17)13-11(16)20)6(2)14-15-10(12)19/h7,14H,2-5H2,1H3,(H3,12,15,19)(H,13,17,20)/t7-/m1/s1. The van der Waals surface area contributed by atoms with Crippen LogP contribution in [0.4, 0.5) is 9.59 Å². The Balaban J connectivity index is 2.80. The van der Waals surface area contributed by atoms with Crippen LogP contribution >= 0.6 is 0 Å². The minimum Gasteiger partial charge on any atom is -0.350 e. The van der Waals surface area contributed by atoms with Gasteiger partial charge in [0.2, 0.25) is 11.8 Å². The fourth-order valence-electron chi connectivity index (χ4n) is 1.66. The molecule has 0 radical (unpaired) electrons. The number of nitrogens with two attached hydrogens (primary N) is 1. The molecule has 20 heavy (non-hydrogen) atoms. The summed E-state index contributed by atoms with van der Waals surface area (Å²) in [6.45, 7) is 5.61.